The van der Waals surface area contributed by atoms with E-state index in [0.717, 1.165) is 23.4 Å². The van der Waals surface area contributed by atoms with Crippen molar-refractivity contribution >= 4 is 17.3 Å². The molecule has 0 aliphatic heterocycles. The van der Waals surface area contributed by atoms with Crippen LogP contribution in [0, 0.1) is 6.92 Å². The summed E-state index contributed by atoms with van der Waals surface area (Å²) in [4.78, 5) is 0. The summed E-state index contributed by atoms with van der Waals surface area (Å²) in [6, 6.07) is 14.1. The molecule has 3 aromatic rings. The Kier molecular flexibility index (Phi) is 4.77. The molecule has 0 atom stereocenters. The average Bonchev–Trinajstić information content (AvgIpc) is 3.04. The first kappa shape index (κ1) is 17.4. The highest BCUT2D eigenvalue weighted by molar-refractivity contribution is 6.31. The summed E-state index contributed by atoms with van der Waals surface area (Å²) < 4.78 is 44.1. The van der Waals surface area contributed by atoms with E-state index >= 15 is 0 Å². The Labute approximate surface area is 148 Å². The number of hydrogen-bond acceptors (Lipinski definition) is 2. The van der Waals surface area contributed by atoms with Crippen LogP contribution in [0.15, 0.2) is 59.0 Å². The van der Waals surface area contributed by atoms with Crippen LogP contribution in [-0.2, 0) is 12.7 Å². The van der Waals surface area contributed by atoms with Crippen molar-refractivity contribution in [1.29, 1.82) is 0 Å². The SMILES string of the molecule is Cc1ccc(NCc2ccc(-c3cccc(C(F)(F)F)c3)o2)cc1Cl. The van der Waals surface area contributed by atoms with Crippen molar-refractivity contribution in [2.45, 2.75) is 19.6 Å². The normalized spacial score (nSPS) is 11.6. The Balaban J connectivity index is 1.73. The second kappa shape index (κ2) is 6.84. The fourth-order valence-corrected chi connectivity index (χ4v) is 2.55. The van der Waals surface area contributed by atoms with E-state index in [1.165, 1.54) is 6.07 Å². The van der Waals surface area contributed by atoms with Gasteiger partial charge in [0.2, 0.25) is 0 Å². The van der Waals surface area contributed by atoms with Gasteiger partial charge in [0.1, 0.15) is 11.5 Å². The second-order valence-electron chi connectivity index (χ2n) is 5.66. The van der Waals surface area contributed by atoms with Crippen molar-refractivity contribution in [2.75, 3.05) is 5.32 Å². The molecule has 0 bridgehead atoms. The molecular weight excluding hydrogens is 351 g/mol. The molecule has 3 rings (SSSR count). The Morgan fingerprint density at radius 1 is 1.04 bits per heavy atom. The zero-order valence-corrected chi connectivity index (χ0v) is 14.1. The molecular formula is C19H15ClF3NO. The lowest BCUT2D eigenvalue weighted by atomic mass is 10.1. The maximum absolute atomic E-state index is 12.8. The van der Waals surface area contributed by atoms with Gasteiger partial charge in [-0.25, -0.2) is 0 Å². The van der Waals surface area contributed by atoms with Crippen LogP contribution >= 0.6 is 11.6 Å². The number of nitrogens with one attached hydrogen (secondary N) is 1. The molecule has 25 heavy (non-hydrogen) atoms. The van der Waals surface area contributed by atoms with Gasteiger partial charge in [-0.1, -0.05) is 29.8 Å². The van der Waals surface area contributed by atoms with E-state index in [4.69, 9.17) is 16.0 Å². The number of hydrogen-bond donors (Lipinski definition) is 1. The molecule has 6 heteroatoms. The number of alkyl halides is 3. The molecule has 130 valence electrons. The fourth-order valence-electron chi connectivity index (χ4n) is 2.37. The van der Waals surface area contributed by atoms with Crippen LogP contribution < -0.4 is 5.32 Å². The van der Waals surface area contributed by atoms with Gasteiger partial charge in [-0.3, -0.25) is 0 Å². The van der Waals surface area contributed by atoms with E-state index in [0.29, 0.717) is 28.7 Å². The van der Waals surface area contributed by atoms with E-state index in [9.17, 15) is 13.2 Å². The van der Waals surface area contributed by atoms with Crippen molar-refractivity contribution in [3.05, 3.63) is 76.5 Å². The molecule has 0 radical (unpaired) electrons. The molecule has 0 aliphatic carbocycles. The van der Waals surface area contributed by atoms with Gasteiger partial charge in [0.25, 0.3) is 0 Å². The second-order valence-corrected chi connectivity index (χ2v) is 6.07. The quantitative estimate of drug-likeness (QED) is 0.568. The van der Waals surface area contributed by atoms with Crippen LogP contribution in [0.2, 0.25) is 5.02 Å². The molecule has 0 saturated carbocycles. The molecule has 0 saturated heterocycles. The largest absolute Gasteiger partial charge is 0.459 e. The summed E-state index contributed by atoms with van der Waals surface area (Å²) in [7, 11) is 0. The van der Waals surface area contributed by atoms with Gasteiger partial charge < -0.3 is 9.73 Å². The first-order valence-electron chi connectivity index (χ1n) is 7.59. The van der Waals surface area contributed by atoms with Crippen LogP contribution in [0.25, 0.3) is 11.3 Å². The Morgan fingerprint density at radius 3 is 2.56 bits per heavy atom. The number of anilines is 1. The zero-order valence-electron chi connectivity index (χ0n) is 13.3. The standard InChI is InChI=1S/C19H15ClF3NO/c1-12-5-6-15(10-17(12)20)24-11-16-7-8-18(25-16)13-3-2-4-14(9-13)19(21,22)23/h2-10,24H,11H2,1H3. The van der Waals surface area contributed by atoms with Crippen molar-refractivity contribution in [3.63, 3.8) is 0 Å². The van der Waals surface area contributed by atoms with Crippen LogP contribution in [-0.4, -0.2) is 0 Å². The van der Waals surface area contributed by atoms with Gasteiger partial charge in [0.15, 0.2) is 0 Å². The van der Waals surface area contributed by atoms with Gasteiger partial charge in [-0.15, -0.1) is 0 Å². The average molecular weight is 366 g/mol. The highest BCUT2D eigenvalue weighted by Gasteiger charge is 2.30. The molecule has 1 heterocycles. The smallest absolute Gasteiger partial charge is 0.416 e. The van der Waals surface area contributed by atoms with E-state index in [2.05, 4.69) is 5.32 Å². The molecule has 0 fully saturated rings. The van der Waals surface area contributed by atoms with E-state index in [-0.39, 0.29) is 0 Å². The molecule has 1 N–H and O–H groups in total. The fraction of sp³-hybridized carbons (Fsp3) is 0.158. The molecule has 0 amide bonds. The summed E-state index contributed by atoms with van der Waals surface area (Å²) in [5.74, 6) is 1.01. The lowest BCUT2D eigenvalue weighted by Gasteiger charge is -2.08. The highest BCUT2D eigenvalue weighted by Crippen LogP contribution is 2.32. The molecule has 1 aromatic heterocycles. The van der Waals surface area contributed by atoms with Gasteiger partial charge >= 0.3 is 6.18 Å². The van der Waals surface area contributed by atoms with Gasteiger partial charge in [0, 0.05) is 16.3 Å². The minimum absolute atomic E-state index is 0.388. The molecule has 2 aromatic carbocycles. The predicted octanol–water partition coefficient (Wildman–Crippen LogP) is 6.54. The number of furan rings is 1. The first-order valence-corrected chi connectivity index (χ1v) is 7.97. The third-order valence-electron chi connectivity index (χ3n) is 3.77. The number of rotatable bonds is 4. The van der Waals surface area contributed by atoms with Gasteiger partial charge in [-0.05, 0) is 48.9 Å². The minimum atomic E-state index is -4.38. The molecule has 2 nitrogen and oxygen atoms in total. The zero-order chi connectivity index (χ0) is 18.0. The monoisotopic (exact) mass is 365 g/mol. The molecule has 0 aliphatic rings. The lowest BCUT2D eigenvalue weighted by Crippen LogP contribution is -2.04. The number of benzene rings is 2. The summed E-state index contributed by atoms with van der Waals surface area (Å²) in [6.07, 6.45) is -4.38. The number of halogens is 4. The molecule has 0 unspecified atom stereocenters. The van der Waals surface area contributed by atoms with Crippen molar-refractivity contribution in [3.8, 4) is 11.3 Å². The maximum atomic E-state index is 12.8. The summed E-state index contributed by atoms with van der Waals surface area (Å²) in [5.41, 5.74) is 1.51. The van der Waals surface area contributed by atoms with Crippen molar-refractivity contribution < 1.29 is 17.6 Å². The topological polar surface area (TPSA) is 25.2 Å². The van der Waals surface area contributed by atoms with E-state index < -0.39 is 11.7 Å². The summed E-state index contributed by atoms with van der Waals surface area (Å²) in [5, 5.41) is 3.83. The minimum Gasteiger partial charge on any atom is -0.459 e. The highest BCUT2D eigenvalue weighted by atomic mass is 35.5. The third-order valence-corrected chi connectivity index (χ3v) is 4.18. The van der Waals surface area contributed by atoms with E-state index in [1.807, 2.05) is 25.1 Å². The van der Waals surface area contributed by atoms with Crippen molar-refractivity contribution in [2.24, 2.45) is 0 Å². The number of aryl methyl sites for hydroxylation is 1. The third kappa shape index (κ3) is 4.17. The Hall–Kier alpha value is -2.40. The van der Waals surface area contributed by atoms with Crippen LogP contribution in [0.4, 0.5) is 18.9 Å². The Morgan fingerprint density at radius 2 is 1.84 bits per heavy atom. The lowest BCUT2D eigenvalue weighted by molar-refractivity contribution is -0.137. The maximum Gasteiger partial charge on any atom is 0.416 e. The predicted molar refractivity (Wildman–Crippen MR) is 92.7 cm³/mol. The van der Waals surface area contributed by atoms with Crippen LogP contribution in [0.5, 0.6) is 0 Å². The summed E-state index contributed by atoms with van der Waals surface area (Å²) in [6.45, 7) is 2.32. The summed E-state index contributed by atoms with van der Waals surface area (Å²) >= 11 is 6.08. The Bertz CT molecular complexity index is 886. The van der Waals surface area contributed by atoms with Gasteiger partial charge in [-0.2, -0.15) is 13.2 Å². The van der Waals surface area contributed by atoms with E-state index in [1.54, 1.807) is 18.2 Å². The first-order chi connectivity index (χ1) is 11.8. The van der Waals surface area contributed by atoms with Crippen LogP contribution in [0.3, 0.4) is 0 Å². The van der Waals surface area contributed by atoms with Crippen molar-refractivity contribution in [1.82, 2.24) is 0 Å². The van der Waals surface area contributed by atoms with Gasteiger partial charge in [0.05, 0.1) is 12.1 Å². The molecule has 0 spiro atoms. The van der Waals surface area contributed by atoms with Crippen LogP contribution in [0.1, 0.15) is 16.9 Å².